The highest BCUT2D eigenvalue weighted by Gasteiger charge is 2.30. The first-order valence-electron chi connectivity index (χ1n) is 10.6. The van der Waals surface area contributed by atoms with Gasteiger partial charge in [-0.05, 0) is 54.6 Å². The number of thioether (sulfide) groups is 1. The third-order valence-corrected chi connectivity index (χ3v) is 5.88. The molecule has 0 saturated carbocycles. The number of alkyl halides is 3. The zero-order valence-electron chi connectivity index (χ0n) is 18.3. The Morgan fingerprint density at radius 3 is 2.63 bits per heavy atom. The van der Waals surface area contributed by atoms with E-state index in [1.54, 1.807) is 22.6 Å². The molecule has 0 aliphatic heterocycles. The highest BCUT2D eigenvalue weighted by atomic mass is 32.2. The number of rotatable bonds is 10. The molecule has 2 aromatic carbocycles. The molecule has 2 aromatic heterocycles. The Morgan fingerprint density at radius 2 is 1.91 bits per heavy atom. The maximum absolute atomic E-state index is 13.9. The average Bonchev–Trinajstić information content (AvgIpc) is 3.52. The smallest absolute Gasteiger partial charge is 0.416 e. The van der Waals surface area contributed by atoms with Crippen LogP contribution in [0.15, 0.2) is 70.4 Å². The van der Waals surface area contributed by atoms with Gasteiger partial charge in [0.1, 0.15) is 30.1 Å². The second kappa shape index (κ2) is 11.2. The van der Waals surface area contributed by atoms with Crippen LogP contribution >= 0.6 is 11.8 Å². The maximum atomic E-state index is 13.9. The summed E-state index contributed by atoms with van der Waals surface area (Å²) in [5.74, 6) is 0.818. The minimum Gasteiger partial charge on any atom is -0.487 e. The summed E-state index contributed by atoms with van der Waals surface area (Å²) in [5, 5.41) is 7.71. The van der Waals surface area contributed by atoms with E-state index in [1.807, 2.05) is 30.5 Å². The Morgan fingerprint density at radius 1 is 1.09 bits per heavy atom. The summed E-state index contributed by atoms with van der Waals surface area (Å²) in [4.78, 5) is 5.34. The summed E-state index contributed by atoms with van der Waals surface area (Å²) in [6.07, 6.45) is 3.96. The second-order valence-corrected chi connectivity index (χ2v) is 8.54. The van der Waals surface area contributed by atoms with Crippen molar-refractivity contribution in [2.45, 2.75) is 30.6 Å². The number of ether oxygens (including phenoxy) is 1. The molecule has 182 valence electrons. The lowest BCUT2D eigenvalue weighted by atomic mass is 10.1. The molecule has 2 heterocycles. The number of oxazole rings is 1. The van der Waals surface area contributed by atoms with Gasteiger partial charge in [-0.1, -0.05) is 11.3 Å². The van der Waals surface area contributed by atoms with Gasteiger partial charge in [-0.15, -0.1) is 16.9 Å². The first-order chi connectivity index (χ1) is 16.9. The van der Waals surface area contributed by atoms with Crippen molar-refractivity contribution in [2.24, 2.45) is 0 Å². The van der Waals surface area contributed by atoms with Crippen LogP contribution in [-0.4, -0.2) is 25.7 Å². The van der Waals surface area contributed by atoms with Crippen molar-refractivity contribution in [3.63, 3.8) is 0 Å². The fourth-order valence-electron chi connectivity index (χ4n) is 3.02. The van der Waals surface area contributed by atoms with E-state index in [0.717, 1.165) is 35.7 Å². The number of halogens is 4. The predicted octanol–water partition coefficient (Wildman–Crippen LogP) is 6.36. The van der Waals surface area contributed by atoms with E-state index in [1.165, 1.54) is 18.4 Å². The quantitative estimate of drug-likeness (QED) is 0.142. The van der Waals surface area contributed by atoms with Gasteiger partial charge in [-0.3, -0.25) is 4.68 Å². The number of hydrogen-bond acceptors (Lipinski definition) is 6. The molecule has 0 aliphatic carbocycles. The molecule has 0 spiro atoms. The van der Waals surface area contributed by atoms with Crippen LogP contribution in [0.3, 0.4) is 0 Å². The van der Waals surface area contributed by atoms with Gasteiger partial charge < -0.3 is 9.15 Å². The van der Waals surface area contributed by atoms with Crippen molar-refractivity contribution in [3.8, 4) is 5.75 Å². The fourth-order valence-corrected chi connectivity index (χ4v) is 3.86. The molecule has 4 rings (SSSR count). The Hall–Kier alpha value is -3.60. The summed E-state index contributed by atoms with van der Waals surface area (Å²) in [7, 11) is 0. The average molecular weight is 505 g/mol. The predicted molar refractivity (Wildman–Crippen MR) is 123 cm³/mol. The van der Waals surface area contributed by atoms with Crippen LogP contribution < -0.4 is 4.74 Å². The highest BCUT2D eigenvalue weighted by molar-refractivity contribution is 7.99. The zero-order valence-corrected chi connectivity index (χ0v) is 19.1. The van der Waals surface area contributed by atoms with Crippen molar-refractivity contribution < 1.29 is 26.7 Å². The highest BCUT2D eigenvalue weighted by Crippen LogP contribution is 2.30. The third kappa shape index (κ3) is 7.19. The second-order valence-electron chi connectivity index (χ2n) is 7.37. The normalized spacial score (nSPS) is 11.9. The molecule has 0 radical (unpaired) electrons. The monoisotopic (exact) mass is 504 g/mol. The van der Waals surface area contributed by atoms with Gasteiger partial charge >= 0.3 is 6.18 Å². The lowest BCUT2D eigenvalue weighted by Gasteiger charge is -2.07. The van der Waals surface area contributed by atoms with Gasteiger partial charge in [-0.25, -0.2) is 9.37 Å². The molecular formula is C24H20F4N4O2S. The van der Waals surface area contributed by atoms with E-state index in [-0.39, 0.29) is 18.1 Å². The lowest BCUT2D eigenvalue weighted by molar-refractivity contribution is -0.137. The summed E-state index contributed by atoms with van der Waals surface area (Å²) in [6, 6.07) is 10.0. The molecule has 0 unspecified atom stereocenters. The van der Waals surface area contributed by atoms with Gasteiger partial charge in [0, 0.05) is 29.3 Å². The van der Waals surface area contributed by atoms with Crippen LogP contribution in [0, 0.1) is 5.82 Å². The molecule has 0 aliphatic rings. The molecule has 0 N–H and O–H groups in total. The molecule has 11 heteroatoms. The van der Waals surface area contributed by atoms with Crippen LogP contribution in [0.5, 0.6) is 5.75 Å². The summed E-state index contributed by atoms with van der Waals surface area (Å²) < 4.78 is 64.7. The van der Waals surface area contributed by atoms with E-state index in [2.05, 4.69) is 15.3 Å². The minimum atomic E-state index is -4.60. The Labute approximate surface area is 202 Å². The summed E-state index contributed by atoms with van der Waals surface area (Å²) >= 11 is 1.74. The number of aromatic nitrogens is 4. The van der Waals surface area contributed by atoms with Gasteiger partial charge in [-0.2, -0.15) is 13.2 Å². The molecule has 0 atom stereocenters. The van der Waals surface area contributed by atoms with Gasteiger partial charge in [0.2, 0.25) is 5.89 Å². The first-order valence-corrected chi connectivity index (χ1v) is 11.5. The number of nitrogens with zero attached hydrogens (tertiary/aromatic N) is 4. The lowest BCUT2D eigenvalue weighted by Crippen LogP contribution is -2.05. The summed E-state index contributed by atoms with van der Waals surface area (Å²) in [6.45, 7) is 0.985. The first kappa shape index (κ1) is 24.5. The van der Waals surface area contributed by atoms with E-state index in [4.69, 9.17) is 9.15 Å². The van der Waals surface area contributed by atoms with Gasteiger partial charge in [0.25, 0.3) is 0 Å². The molecular weight excluding hydrogens is 484 g/mol. The van der Waals surface area contributed by atoms with Crippen molar-refractivity contribution >= 4 is 23.9 Å². The largest absolute Gasteiger partial charge is 0.487 e. The zero-order chi connectivity index (χ0) is 24.7. The number of aryl methyl sites for hydroxylation is 1. The van der Waals surface area contributed by atoms with Crippen LogP contribution in [-0.2, 0) is 19.3 Å². The molecule has 0 bridgehead atoms. The van der Waals surface area contributed by atoms with E-state index < -0.39 is 17.6 Å². The Bertz CT molecular complexity index is 1260. The van der Waals surface area contributed by atoms with E-state index in [0.29, 0.717) is 17.5 Å². The molecule has 4 aromatic rings. The standard InChI is InChI=1S/C24H20F4N4O2S/c25-22-14-18(24(26,27)28)4-2-17(22)3-9-23-30-19(16-34-23)15-33-20-5-7-21(8-6-20)35-13-1-11-32-12-10-29-31-32/h2-10,12,14,16H,1,11,13,15H2/b9-3+. The minimum absolute atomic E-state index is 0.00893. The van der Waals surface area contributed by atoms with Gasteiger partial charge in [0.15, 0.2) is 0 Å². The topological polar surface area (TPSA) is 66.0 Å². The molecule has 0 saturated heterocycles. The maximum Gasteiger partial charge on any atom is 0.416 e. The fraction of sp³-hybridized carbons (Fsp3) is 0.208. The number of hydrogen-bond donors (Lipinski definition) is 0. The SMILES string of the molecule is Fc1cc(C(F)(F)F)ccc1/C=C/c1nc(COc2ccc(SCCCn3ccnn3)cc2)co1. The Kier molecular flexibility index (Phi) is 7.86. The van der Waals surface area contributed by atoms with E-state index in [9.17, 15) is 17.6 Å². The summed E-state index contributed by atoms with van der Waals surface area (Å²) in [5.41, 5.74) is -0.535. The molecule has 0 fully saturated rings. The Balaban J connectivity index is 1.24. The van der Waals surface area contributed by atoms with Crippen molar-refractivity contribution in [1.82, 2.24) is 20.0 Å². The molecule has 35 heavy (non-hydrogen) atoms. The van der Waals surface area contributed by atoms with Crippen LogP contribution in [0.25, 0.3) is 12.2 Å². The third-order valence-electron chi connectivity index (χ3n) is 4.79. The van der Waals surface area contributed by atoms with Crippen molar-refractivity contribution in [3.05, 3.63) is 89.7 Å². The van der Waals surface area contributed by atoms with Crippen molar-refractivity contribution in [2.75, 3.05) is 5.75 Å². The van der Waals surface area contributed by atoms with Crippen LogP contribution in [0.2, 0.25) is 0 Å². The molecule has 6 nitrogen and oxygen atoms in total. The van der Waals surface area contributed by atoms with Crippen LogP contribution in [0.1, 0.15) is 29.1 Å². The van der Waals surface area contributed by atoms with Crippen LogP contribution in [0.4, 0.5) is 17.6 Å². The molecule has 0 amide bonds. The van der Waals surface area contributed by atoms with E-state index >= 15 is 0 Å². The van der Waals surface area contributed by atoms with Crippen molar-refractivity contribution in [1.29, 1.82) is 0 Å². The van der Waals surface area contributed by atoms with Gasteiger partial charge in [0.05, 0.1) is 11.8 Å². The number of benzene rings is 2.